The number of aromatic nitrogens is 1. The van der Waals surface area contributed by atoms with Gasteiger partial charge in [-0.05, 0) is 53.0 Å². The van der Waals surface area contributed by atoms with Crippen molar-refractivity contribution >= 4 is 23.0 Å². The number of nitrogens with zero attached hydrogens (tertiary/aromatic N) is 3. The standard InChI is InChI=1S/C14H24N4S/c1-5-18(10-6-9-17(3)4)14-12(13(15)19)8-7-11(2)16-14/h7-8H,5-6,9-10H2,1-4H3,(H2,15,19). The van der Waals surface area contributed by atoms with Crippen LogP contribution >= 0.6 is 12.2 Å². The van der Waals surface area contributed by atoms with Gasteiger partial charge >= 0.3 is 0 Å². The molecule has 0 fully saturated rings. The monoisotopic (exact) mass is 280 g/mol. The van der Waals surface area contributed by atoms with Crippen LogP contribution in [0.1, 0.15) is 24.6 Å². The van der Waals surface area contributed by atoms with E-state index < -0.39 is 0 Å². The first-order chi connectivity index (χ1) is 8.95. The highest BCUT2D eigenvalue weighted by Crippen LogP contribution is 2.18. The number of hydrogen-bond donors (Lipinski definition) is 1. The van der Waals surface area contributed by atoms with E-state index in [2.05, 4.69) is 35.8 Å². The van der Waals surface area contributed by atoms with E-state index in [4.69, 9.17) is 18.0 Å². The molecule has 19 heavy (non-hydrogen) atoms. The Labute approximate surface area is 121 Å². The fourth-order valence-electron chi connectivity index (χ4n) is 1.97. The van der Waals surface area contributed by atoms with E-state index in [1.54, 1.807) is 0 Å². The molecule has 0 saturated carbocycles. The molecule has 0 amide bonds. The number of thiocarbonyl (C=S) groups is 1. The molecule has 0 aliphatic rings. The third-order valence-corrected chi connectivity index (χ3v) is 3.21. The molecule has 2 N–H and O–H groups in total. The lowest BCUT2D eigenvalue weighted by molar-refractivity contribution is 0.400. The summed E-state index contributed by atoms with van der Waals surface area (Å²) in [5.41, 5.74) is 7.65. The van der Waals surface area contributed by atoms with Gasteiger partial charge in [0.25, 0.3) is 0 Å². The molecule has 5 heteroatoms. The Morgan fingerprint density at radius 2 is 2.00 bits per heavy atom. The second-order valence-corrected chi connectivity index (χ2v) is 5.36. The predicted octanol–water partition coefficient (Wildman–Crippen LogP) is 1.80. The van der Waals surface area contributed by atoms with Gasteiger partial charge in [-0.15, -0.1) is 0 Å². The van der Waals surface area contributed by atoms with E-state index in [-0.39, 0.29) is 0 Å². The van der Waals surface area contributed by atoms with Crippen LogP contribution in [0, 0.1) is 6.92 Å². The van der Waals surface area contributed by atoms with Gasteiger partial charge < -0.3 is 15.5 Å². The molecule has 0 unspecified atom stereocenters. The number of pyridine rings is 1. The zero-order valence-electron chi connectivity index (χ0n) is 12.3. The summed E-state index contributed by atoms with van der Waals surface area (Å²) >= 11 is 5.12. The summed E-state index contributed by atoms with van der Waals surface area (Å²) in [6.45, 7) is 7.04. The van der Waals surface area contributed by atoms with Crippen LogP contribution < -0.4 is 10.6 Å². The van der Waals surface area contributed by atoms with Gasteiger partial charge in [-0.1, -0.05) is 12.2 Å². The van der Waals surface area contributed by atoms with Crippen molar-refractivity contribution in [2.45, 2.75) is 20.3 Å². The summed E-state index contributed by atoms with van der Waals surface area (Å²) in [5.74, 6) is 0.911. The van der Waals surface area contributed by atoms with E-state index in [1.807, 2.05) is 19.1 Å². The SMILES string of the molecule is CCN(CCCN(C)C)c1nc(C)ccc1C(N)=S. The van der Waals surface area contributed by atoms with Gasteiger partial charge in [0, 0.05) is 18.8 Å². The smallest absolute Gasteiger partial charge is 0.139 e. The molecule has 0 aromatic carbocycles. The van der Waals surface area contributed by atoms with Crippen LogP contribution in [-0.4, -0.2) is 48.6 Å². The molecule has 0 atom stereocenters. The second-order valence-electron chi connectivity index (χ2n) is 4.92. The Hall–Kier alpha value is -1.20. The van der Waals surface area contributed by atoms with Crippen molar-refractivity contribution in [2.75, 3.05) is 38.6 Å². The van der Waals surface area contributed by atoms with Crippen molar-refractivity contribution in [1.82, 2.24) is 9.88 Å². The van der Waals surface area contributed by atoms with Crippen LogP contribution in [0.15, 0.2) is 12.1 Å². The summed E-state index contributed by atoms with van der Waals surface area (Å²) < 4.78 is 0. The quantitative estimate of drug-likeness (QED) is 0.772. The Morgan fingerprint density at radius 3 is 2.53 bits per heavy atom. The first-order valence-electron chi connectivity index (χ1n) is 6.62. The first kappa shape index (κ1) is 15.9. The summed E-state index contributed by atoms with van der Waals surface area (Å²) in [7, 11) is 4.17. The highest BCUT2D eigenvalue weighted by molar-refractivity contribution is 7.80. The molecule has 0 aliphatic heterocycles. The van der Waals surface area contributed by atoms with Crippen molar-refractivity contribution in [3.63, 3.8) is 0 Å². The molecule has 1 heterocycles. The molecular weight excluding hydrogens is 256 g/mol. The lowest BCUT2D eigenvalue weighted by Crippen LogP contribution is -2.30. The minimum absolute atomic E-state index is 0.411. The number of aryl methyl sites for hydroxylation is 1. The number of hydrogen-bond acceptors (Lipinski definition) is 4. The maximum atomic E-state index is 5.79. The maximum Gasteiger partial charge on any atom is 0.139 e. The molecule has 0 spiro atoms. The highest BCUT2D eigenvalue weighted by atomic mass is 32.1. The van der Waals surface area contributed by atoms with Crippen LogP contribution in [-0.2, 0) is 0 Å². The number of rotatable bonds is 7. The van der Waals surface area contributed by atoms with Gasteiger partial charge in [0.2, 0.25) is 0 Å². The van der Waals surface area contributed by atoms with Gasteiger partial charge in [0.05, 0.1) is 5.56 Å². The molecule has 0 saturated heterocycles. The number of nitrogens with two attached hydrogens (primary N) is 1. The molecule has 0 aliphatic carbocycles. The molecule has 4 nitrogen and oxygen atoms in total. The summed E-state index contributed by atoms with van der Waals surface area (Å²) in [5, 5.41) is 0. The Bertz CT molecular complexity index is 431. The van der Waals surface area contributed by atoms with Gasteiger partial charge in [-0.2, -0.15) is 0 Å². The molecular formula is C14H24N4S. The third kappa shape index (κ3) is 4.76. The fraction of sp³-hybridized carbons (Fsp3) is 0.571. The van der Waals surface area contributed by atoms with E-state index in [0.717, 1.165) is 43.1 Å². The summed E-state index contributed by atoms with van der Waals surface area (Å²) in [6, 6.07) is 3.92. The number of anilines is 1. The molecule has 106 valence electrons. The Balaban J connectivity index is 2.90. The predicted molar refractivity (Wildman–Crippen MR) is 85.9 cm³/mol. The lowest BCUT2D eigenvalue weighted by atomic mass is 10.2. The molecule has 0 radical (unpaired) electrons. The molecule has 1 rings (SSSR count). The topological polar surface area (TPSA) is 45.4 Å². The van der Waals surface area contributed by atoms with Crippen LogP contribution in [0.2, 0.25) is 0 Å². The van der Waals surface area contributed by atoms with Crippen molar-refractivity contribution < 1.29 is 0 Å². The van der Waals surface area contributed by atoms with Crippen molar-refractivity contribution in [2.24, 2.45) is 5.73 Å². The maximum absolute atomic E-state index is 5.79. The van der Waals surface area contributed by atoms with Crippen molar-refractivity contribution in [3.8, 4) is 0 Å². The van der Waals surface area contributed by atoms with E-state index >= 15 is 0 Å². The summed E-state index contributed by atoms with van der Waals surface area (Å²) in [6.07, 6.45) is 1.09. The Kier molecular flexibility index (Phi) is 6.18. The normalized spacial score (nSPS) is 10.8. The van der Waals surface area contributed by atoms with Gasteiger partial charge in [-0.25, -0.2) is 4.98 Å². The Morgan fingerprint density at radius 1 is 1.32 bits per heavy atom. The van der Waals surface area contributed by atoms with Crippen LogP contribution in [0.3, 0.4) is 0 Å². The average Bonchev–Trinajstić information content (AvgIpc) is 2.33. The molecule has 1 aromatic rings. The van der Waals surface area contributed by atoms with Crippen LogP contribution in [0.4, 0.5) is 5.82 Å². The minimum atomic E-state index is 0.411. The van der Waals surface area contributed by atoms with Crippen molar-refractivity contribution in [1.29, 1.82) is 0 Å². The van der Waals surface area contributed by atoms with Crippen molar-refractivity contribution in [3.05, 3.63) is 23.4 Å². The van der Waals surface area contributed by atoms with Crippen LogP contribution in [0.25, 0.3) is 0 Å². The van der Waals surface area contributed by atoms with E-state index in [0.29, 0.717) is 4.99 Å². The first-order valence-corrected chi connectivity index (χ1v) is 7.03. The molecule has 1 aromatic heterocycles. The highest BCUT2D eigenvalue weighted by Gasteiger charge is 2.13. The summed E-state index contributed by atoms with van der Waals surface area (Å²) in [4.78, 5) is 9.45. The molecule has 0 bridgehead atoms. The second kappa shape index (κ2) is 7.40. The largest absolute Gasteiger partial charge is 0.389 e. The van der Waals surface area contributed by atoms with E-state index in [9.17, 15) is 0 Å². The minimum Gasteiger partial charge on any atom is -0.389 e. The lowest BCUT2D eigenvalue weighted by Gasteiger charge is -2.25. The third-order valence-electron chi connectivity index (χ3n) is 2.99. The van der Waals surface area contributed by atoms with Crippen LogP contribution in [0.5, 0.6) is 0 Å². The zero-order chi connectivity index (χ0) is 14.4. The van der Waals surface area contributed by atoms with Gasteiger partial charge in [-0.3, -0.25) is 0 Å². The van der Waals surface area contributed by atoms with E-state index in [1.165, 1.54) is 0 Å². The average molecular weight is 280 g/mol. The zero-order valence-corrected chi connectivity index (χ0v) is 13.1. The fourth-order valence-corrected chi connectivity index (χ4v) is 2.13. The van der Waals surface area contributed by atoms with Gasteiger partial charge in [0.15, 0.2) is 0 Å². The van der Waals surface area contributed by atoms with Gasteiger partial charge in [0.1, 0.15) is 10.8 Å².